The number of nitrogens with one attached hydrogen (secondary N) is 1. The van der Waals surface area contributed by atoms with E-state index in [1.165, 1.54) is 37.7 Å². The van der Waals surface area contributed by atoms with Crippen molar-refractivity contribution in [1.82, 2.24) is 5.32 Å². The molecule has 1 fully saturated rings. The van der Waals surface area contributed by atoms with Gasteiger partial charge in [0.05, 0.1) is 5.69 Å². The molecule has 0 heterocycles. The van der Waals surface area contributed by atoms with Crippen LogP contribution in [0.15, 0.2) is 54.6 Å². The first kappa shape index (κ1) is 19.3. The van der Waals surface area contributed by atoms with Crippen LogP contribution in [-0.4, -0.2) is 18.5 Å². The first-order valence-electron chi connectivity index (χ1n) is 9.24. The van der Waals surface area contributed by atoms with Crippen LogP contribution in [0.1, 0.15) is 43.6 Å². The molecule has 2 aromatic rings. The Morgan fingerprint density at radius 1 is 1.00 bits per heavy atom. The first-order valence-corrected chi connectivity index (χ1v) is 9.64. The molecule has 0 aromatic heterocycles. The summed E-state index contributed by atoms with van der Waals surface area (Å²) in [5.74, 6) is 0.648. The lowest BCUT2D eigenvalue weighted by Crippen LogP contribution is -2.40. The minimum Gasteiger partial charge on any atom is -0.484 e. The van der Waals surface area contributed by atoms with Gasteiger partial charge in [0.15, 0.2) is 6.61 Å². The van der Waals surface area contributed by atoms with Gasteiger partial charge in [0.2, 0.25) is 0 Å². The van der Waals surface area contributed by atoms with Crippen molar-refractivity contribution in [3.05, 3.63) is 60.2 Å². The number of rotatable bonds is 5. The van der Waals surface area contributed by atoms with Gasteiger partial charge in [-0.2, -0.15) is 0 Å². The predicted molar refractivity (Wildman–Crippen MR) is 109 cm³/mol. The second-order valence-electron chi connectivity index (χ2n) is 6.69. The number of carbonyl (C=O) groups excluding carboxylic acids is 2. The third kappa shape index (κ3) is 5.50. The summed E-state index contributed by atoms with van der Waals surface area (Å²) in [6, 6.07) is 16.2. The highest BCUT2D eigenvalue weighted by molar-refractivity contribution is 7.82. The number of thiol groups is 1. The zero-order chi connectivity index (χ0) is 19.1. The van der Waals surface area contributed by atoms with Crippen LogP contribution in [0.5, 0.6) is 5.75 Å². The average Bonchev–Trinajstić information content (AvgIpc) is 2.73. The normalized spacial score (nSPS) is 14.4. The number of urea groups is 1. The highest BCUT2D eigenvalue weighted by Crippen LogP contribution is 2.33. The molecule has 0 spiro atoms. The number of hydrogen-bond acceptors (Lipinski definition) is 4. The minimum atomic E-state index is -0.606. The molecule has 3 rings (SSSR count). The molecule has 0 atom stereocenters. The van der Waals surface area contributed by atoms with Crippen LogP contribution in [-0.2, 0) is 4.79 Å². The molecule has 1 N–H and O–H groups in total. The minimum absolute atomic E-state index is 0.238. The van der Waals surface area contributed by atoms with E-state index >= 15 is 0 Å². The van der Waals surface area contributed by atoms with Crippen molar-refractivity contribution in [3.63, 3.8) is 0 Å². The van der Waals surface area contributed by atoms with Gasteiger partial charge in [-0.1, -0.05) is 62.4 Å². The zero-order valence-electron chi connectivity index (χ0n) is 15.1. The summed E-state index contributed by atoms with van der Waals surface area (Å²) in [6.07, 6.45) is 6.32. The summed E-state index contributed by atoms with van der Waals surface area (Å²) in [5.41, 5.74) is 1.92. The lowest BCUT2D eigenvalue weighted by Gasteiger charge is -2.23. The molecule has 0 radical (unpaired) electrons. The largest absolute Gasteiger partial charge is 0.484 e. The van der Waals surface area contributed by atoms with Crippen molar-refractivity contribution in [3.8, 4) is 5.75 Å². The van der Waals surface area contributed by atoms with Crippen molar-refractivity contribution in [2.45, 2.75) is 38.0 Å². The summed E-state index contributed by atoms with van der Waals surface area (Å²) in [4.78, 5) is 24.1. The highest BCUT2D eigenvalue weighted by Gasteiger charge is 2.18. The second kappa shape index (κ2) is 9.46. The topological polar surface area (TPSA) is 58.6 Å². The predicted octanol–water partition coefficient (Wildman–Crippen LogP) is 4.70. The molecule has 0 unspecified atom stereocenters. The number of imide groups is 1. The fourth-order valence-corrected chi connectivity index (χ4v) is 3.50. The van der Waals surface area contributed by atoms with E-state index in [4.69, 9.17) is 4.74 Å². The van der Waals surface area contributed by atoms with Crippen LogP contribution in [0.25, 0.3) is 0 Å². The molecule has 3 amide bonds. The van der Waals surface area contributed by atoms with Gasteiger partial charge < -0.3 is 4.74 Å². The smallest absolute Gasteiger partial charge is 0.338 e. The number of hydrogen-bond donors (Lipinski definition) is 2. The van der Waals surface area contributed by atoms with Gasteiger partial charge >= 0.3 is 6.03 Å². The standard InChI is InChI=1S/C21H24N2O3S/c24-20(15-26-19-9-5-2-6-10-19)22-21(25)23(27)18-13-11-17(12-14-18)16-7-3-1-4-8-16/h2,5-6,9-14,16,27H,1,3-4,7-8,15H2,(H,22,24,25). The average molecular weight is 385 g/mol. The fourth-order valence-electron chi connectivity index (χ4n) is 3.31. The van der Waals surface area contributed by atoms with Crippen molar-refractivity contribution in [1.29, 1.82) is 0 Å². The van der Waals surface area contributed by atoms with Crippen LogP contribution in [0, 0.1) is 0 Å². The van der Waals surface area contributed by atoms with E-state index in [0.717, 1.165) is 4.31 Å². The Hall–Kier alpha value is -2.47. The van der Waals surface area contributed by atoms with Gasteiger partial charge in [0, 0.05) is 0 Å². The number of para-hydroxylation sites is 1. The molecule has 1 aliphatic carbocycles. The maximum Gasteiger partial charge on any atom is 0.338 e. The van der Waals surface area contributed by atoms with Crippen molar-refractivity contribution >= 4 is 30.4 Å². The Morgan fingerprint density at radius 3 is 2.33 bits per heavy atom. The van der Waals surface area contributed by atoms with E-state index in [2.05, 4.69) is 18.1 Å². The SMILES string of the molecule is O=C(COc1ccccc1)NC(=O)N(S)c1ccc(C2CCCCC2)cc1. The van der Waals surface area contributed by atoms with E-state index < -0.39 is 11.9 Å². The number of ether oxygens (including phenoxy) is 1. The summed E-state index contributed by atoms with van der Waals surface area (Å²) < 4.78 is 6.46. The Morgan fingerprint density at radius 2 is 1.67 bits per heavy atom. The Kier molecular flexibility index (Phi) is 6.76. The molecular formula is C21H24N2O3S. The van der Waals surface area contributed by atoms with Gasteiger partial charge in [0.1, 0.15) is 5.75 Å². The summed E-state index contributed by atoms with van der Waals surface area (Å²) in [7, 11) is 0. The lowest BCUT2D eigenvalue weighted by atomic mass is 9.84. The Balaban J connectivity index is 1.51. The molecule has 142 valence electrons. The number of nitrogens with zero attached hydrogens (tertiary/aromatic N) is 1. The third-order valence-corrected chi connectivity index (χ3v) is 5.18. The first-order chi connectivity index (χ1) is 13.1. The molecule has 5 nitrogen and oxygen atoms in total. The quantitative estimate of drug-likeness (QED) is 0.735. The lowest BCUT2D eigenvalue weighted by molar-refractivity contribution is -0.121. The maximum absolute atomic E-state index is 12.2. The van der Waals surface area contributed by atoms with E-state index in [1.54, 1.807) is 12.1 Å². The second-order valence-corrected chi connectivity index (χ2v) is 7.09. The van der Waals surface area contributed by atoms with Crippen molar-refractivity contribution < 1.29 is 14.3 Å². The molecular weight excluding hydrogens is 360 g/mol. The van der Waals surface area contributed by atoms with E-state index in [9.17, 15) is 9.59 Å². The summed E-state index contributed by atoms with van der Waals surface area (Å²) >= 11 is 4.22. The highest BCUT2D eigenvalue weighted by atomic mass is 32.1. The van der Waals surface area contributed by atoms with Crippen LogP contribution in [0.2, 0.25) is 0 Å². The Labute approximate surface area is 165 Å². The summed E-state index contributed by atoms with van der Waals surface area (Å²) in [6.45, 7) is -0.238. The fraction of sp³-hybridized carbons (Fsp3) is 0.333. The molecule has 1 saturated carbocycles. The van der Waals surface area contributed by atoms with Gasteiger partial charge in [-0.05, 0) is 48.6 Å². The Bertz CT molecular complexity index is 759. The number of benzene rings is 2. The van der Waals surface area contributed by atoms with Crippen LogP contribution >= 0.6 is 12.8 Å². The van der Waals surface area contributed by atoms with E-state index in [0.29, 0.717) is 17.4 Å². The third-order valence-electron chi connectivity index (χ3n) is 4.77. The number of amides is 3. The molecule has 1 aliphatic rings. The molecule has 27 heavy (non-hydrogen) atoms. The van der Waals surface area contributed by atoms with Gasteiger partial charge in [-0.15, -0.1) is 0 Å². The van der Waals surface area contributed by atoms with Gasteiger partial charge in [-0.25, -0.2) is 9.10 Å². The molecule has 6 heteroatoms. The van der Waals surface area contributed by atoms with Gasteiger partial charge in [-0.3, -0.25) is 10.1 Å². The molecule has 0 saturated heterocycles. The van der Waals surface area contributed by atoms with E-state index in [-0.39, 0.29) is 6.61 Å². The monoisotopic (exact) mass is 384 g/mol. The van der Waals surface area contributed by atoms with Crippen molar-refractivity contribution in [2.24, 2.45) is 0 Å². The van der Waals surface area contributed by atoms with Crippen LogP contribution < -0.4 is 14.4 Å². The van der Waals surface area contributed by atoms with Crippen molar-refractivity contribution in [2.75, 3.05) is 10.9 Å². The van der Waals surface area contributed by atoms with Crippen LogP contribution in [0.3, 0.4) is 0 Å². The number of carbonyl (C=O) groups is 2. The summed E-state index contributed by atoms with van der Waals surface area (Å²) in [5, 5.41) is 2.27. The molecule has 0 aliphatic heterocycles. The molecule has 0 bridgehead atoms. The van der Waals surface area contributed by atoms with E-state index in [1.807, 2.05) is 42.5 Å². The zero-order valence-corrected chi connectivity index (χ0v) is 16.0. The number of anilines is 1. The maximum atomic E-state index is 12.2. The van der Waals surface area contributed by atoms with Crippen LogP contribution in [0.4, 0.5) is 10.5 Å². The van der Waals surface area contributed by atoms with Gasteiger partial charge in [0.25, 0.3) is 5.91 Å². The molecule has 2 aromatic carbocycles.